The second kappa shape index (κ2) is 7.11. The molecule has 1 atom stereocenters. The van der Waals surface area contributed by atoms with Crippen molar-refractivity contribution >= 4 is 5.91 Å². The molecule has 106 valence electrons. The Morgan fingerprint density at radius 2 is 1.86 bits per heavy atom. The summed E-state index contributed by atoms with van der Waals surface area (Å²) in [5, 5.41) is 11.6. The van der Waals surface area contributed by atoms with Crippen LogP contribution < -0.4 is 10.1 Å². The van der Waals surface area contributed by atoms with Crippen LogP contribution >= 0.6 is 0 Å². The lowest BCUT2D eigenvalue weighted by Crippen LogP contribution is -2.24. The first kappa shape index (κ1) is 14.6. The van der Waals surface area contributed by atoms with Gasteiger partial charge in [0.15, 0.2) is 0 Å². The molecule has 1 amide bonds. The number of benzene rings is 2. The summed E-state index contributed by atoms with van der Waals surface area (Å²) in [6.45, 7) is 1.88. The Hall–Kier alpha value is -2.80. The van der Waals surface area contributed by atoms with Gasteiger partial charge in [-0.25, -0.2) is 0 Å². The molecule has 2 rings (SSSR count). The summed E-state index contributed by atoms with van der Waals surface area (Å²) in [5.74, 6) is 0.494. The molecular formula is C17H16N2O2. The van der Waals surface area contributed by atoms with Crippen molar-refractivity contribution in [3.8, 4) is 11.8 Å². The maximum Gasteiger partial charge on any atom is 0.218 e. The number of carbonyl (C=O) groups excluding carboxylic acids is 1. The van der Waals surface area contributed by atoms with Gasteiger partial charge in [-0.05, 0) is 23.3 Å². The molecule has 21 heavy (non-hydrogen) atoms. The number of amides is 1. The van der Waals surface area contributed by atoms with Crippen molar-refractivity contribution < 1.29 is 9.53 Å². The molecule has 1 N–H and O–H groups in total. The Kier molecular flexibility index (Phi) is 4.94. The zero-order valence-corrected chi connectivity index (χ0v) is 11.7. The van der Waals surface area contributed by atoms with Crippen LogP contribution in [-0.4, -0.2) is 5.91 Å². The summed E-state index contributed by atoms with van der Waals surface area (Å²) in [7, 11) is 0. The molecule has 0 aliphatic rings. The highest BCUT2D eigenvalue weighted by Gasteiger charge is 2.11. The number of hydrogen-bond acceptors (Lipinski definition) is 3. The van der Waals surface area contributed by atoms with Crippen LogP contribution in [0.15, 0.2) is 54.6 Å². The number of carbonyl (C=O) groups is 1. The first-order valence-electron chi connectivity index (χ1n) is 6.62. The van der Waals surface area contributed by atoms with E-state index in [-0.39, 0.29) is 5.91 Å². The van der Waals surface area contributed by atoms with Gasteiger partial charge in [-0.3, -0.25) is 4.79 Å². The van der Waals surface area contributed by atoms with Crippen molar-refractivity contribution in [1.82, 2.24) is 5.32 Å². The van der Waals surface area contributed by atoms with Crippen molar-refractivity contribution in [3.63, 3.8) is 0 Å². The van der Waals surface area contributed by atoms with Crippen molar-refractivity contribution in [2.24, 2.45) is 0 Å². The maximum atomic E-state index is 11.0. The molecule has 0 unspecified atom stereocenters. The minimum Gasteiger partial charge on any atom is -0.489 e. The Morgan fingerprint density at radius 3 is 2.43 bits per heavy atom. The van der Waals surface area contributed by atoms with Crippen molar-refractivity contribution in [1.29, 1.82) is 5.26 Å². The SMILES string of the molecule is CC(=O)N[C@@H](C#N)c1ccc(OCc2ccccc2)cc1. The van der Waals surface area contributed by atoms with Gasteiger partial charge in [-0.1, -0.05) is 42.5 Å². The fourth-order valence-corrected chi connectivity index (χ4v) is 1.89. The van der Waals surface area contributed by atoms with Crippen LogP contribution in [0.4, 0.5) is 0 Å². The zero-order chi connectivity index (χ0) is 15.1. The van der Waals surface area contributed by atoms with Crippen LogP contribution in [0.2, 0.25) is 0 Å². The molecule has 0 spiro atoms. The molecule has 0 aliphatic carbocycles. The highest BCUT2D eigenvalue weighted by molar-refractivity contribution is 5.73. The Balaban J connectivity index is 1.98. The van der Waals surface area contributed by atoms with Gasteiger partial charge in [0.05, 0.1) is 6.07 Å². The van der Waals surface area contributed by atoms with Gasteiger partial charge >= 0.3 is 0 Å². The predicted molar refractivity (Wildman–Crippen MR) is 79.4 cm³/mol. The van der Waals surface area contributed by atoms with Crippen LogP contribution in [0.5, 0.6) is 5.75 Å². The van der Waals surface area contributed by atoms with Gasteiger partial charge in [0.25, 0.3) is 0 Å². The molecule has 0 heterocycles. The van der Waals surface area contributed by atoms with Crippen LogP contribution in [0, 0.1) is 11.3 Å². The minimum atomic E-state index is -0.634. The van der Waals surface area contributed by atoms with E-state index in [0.29, 0.717) is 6.61 Å². The second-order valence-electron chi connectivity index (χ2n) is 4.61. The highest BCUT2D eigenvalue weighted by Crippen LogP contribution is 2.18. The number of nitrogens with zero attached hydrogens (tertiary/aromatic N) is 1. The van der Waals surface area contributed by atoms with Gasteiger partial charge in [0.2, 0.25) is 5.91 Å². The Morgan fingerprint density at radius 1 is 1.19 bits per heavy atom. The summed E-state index contributed by atoms with van der Waals surface area (Å²) < 4.78 is 5.67. The lowest BCUT2D eigenvalue weighted by molar-refractivity contribution is -0.119. The summed E-state index contributed by atoms with van der Waals surface area (Å²) in [6.07, 6.45) is 0. The van der Waals surface area contributed by atoms with E-state index in [4.69, 9.17) is 10.00 Å². The van der Waals surface area contributed by atoms with Crippen LogP contribution in [0.25, 0.3) is 0 Å². The molecule has 0 aromatic heterocycles. The van der Waals surface area contributed by atoms with E-state index in [2.05, 4.69) is 11.4 Å². The van der Waals surface area contributed by atoms with Gasteiger partial charge < -0.3 is 10.1 Å². The lowest BCUT2D eigenvalue weighted by Gasteiger charge is -2.11. The summed E-state index contributed by atoms with van der Waals surface area (Å²) >= 11 is 0. The molecule has 0 bridgehead atoms. The second-order valence-corrected chi connectivity index (χ2v) is 4.61. The minimum absolute atomic E-state index is 0.231. The molecule has 0 radical (unpaired) electrons. The van der Waals surface area contributed by atoms with Crippen molar-refractivity contribution in [2.75, 3.05) is 0 Å². The topological polar surface area (TPSA) is 62.1 Å². The van der Waals surface area contributed by atoms with Crippen LogP contribution in [0.3, 0.4) is 0 Å². The summed E-state index contributed by atoms with van der Waals surface area (Å²) in [4.78, 5) is 11.0. The summed E-state index contributed by atoms with van der Waals surface area (Å²) in [5.41, 5.74) is 1.83. The van der Waals surface area contributed by atoms with Crippen molar-refractivity contribution in [3.05, 3.63) is 65.7 Å². The van der Waals surface area contributed by atoms with E-state index >= 15 is 0 Å². The number of nitrogens with one attached hydrogen (secondary N) is 1. The third-order valence-electron chi connectivity index (χ3n) is 2.94. The van der Waals surface area contributed by atoms with E-state index in [1.54, 1.807) is 24.3 Å². The molecule has 4 nitrogen and oxygen atoms in total. The quantitative estimate of drug-likeness (QED) is 0.915. The van der Waals surface area contributed by atoms with E-state index in [0.717, 1.165) is 16.9 Å². The van der Waals surface area contributed by atoms with E-state index in [9.17, 15) is 4.79 Å². The third kappa shape index (κ3) is 4.36. The number of ether oxygens (including phenoxy) is 1. The Labute approximate surface area is 124 Å². The van der Waals surface area contributed by atoms with Gasteiger partial charge in [-0.15, -0.1) is 0 Å². The van der Waals surface area contributed by atoms with Gasteiger partial charge in [0.1, 0.15) is 18.4 Å². The predicted octanol–water partition coefficient (Wildman–Crippen LogP) is 2.97. The van der Waals surface area contributed by atoms with Crippen LogP contribution in [-0.2, 0) is 11.4 Å². The molecule has 0 saturated carbocycles. The van der Waals surface area contributed by atoms with Crippen molar-refractivity contribution in [2.45, 2.75) is 19.6 Å². The first-order chi connectivity index (χ1) is 10.2. The van der Waals surface area contributed by atoms with Crippen LogP contribution in [0.1, 0.15) is 24.1 Å². The van der Waals surface area contributed by atoms with Gasteiger partial charge in [-0.2, -0.15) is 5.26 Å². The maximum absolute atomic E-state index is 11.0. The lowest BCUT2D eigenvalue weighted by atomic mass is 10.1. The monoisotopic (exact) mass is 280 g/mol. The first-order valence-corrected chi connectivity index (χ1v) is 6.62. The van der Waals surface area contributed by atoms with E-state index in [1.807, 2.05) is 30.3 Å². The average Bonchev–Trinajstić information content (AvgIpc) is 2.52. The average molecular weight is 280 g/mol. The normalized spacial score (nSPS) is 11.2. The smallest absolute Gasteiger partial charge is 0.218 e. The molecule has 0 aliphatic heterocycles. The number of nitriles is 1. The van der Waals surface area contributed by atoms with Gasteiger partial charge in [0, 0.05) is 6.92 Å². The van der Waals surface area contributed by atoms with E-state index in [1.165, 1.54) is 6.92 Å². The summed E-state index contributed by atoms with van der Waals surface area (Å²) in [6, 6.07) is 18.5. The fourth-order valence-electron chi connectivity index (χ4n) is 1.89. The third-order valence-corrected chi connectivity index (χ3v) is 2.94. The molecule has 0 saturated heterocycles. The number of rotatable bonds is 5. The molecule has 2 aromatic carbocycles. The molecular weight excluding hydrogens is 264 g/mol. The highest BCUT2D eigenvalue weighted by atomic mass is 16.5. The Bertz CT molecular complexity index is 630. The van der Waals surface area contributed by atoms with E-state index < -0.39 is 6.04 Å². The molecule has 0 fully saturated rings. The molecule has 4 heteroatoms. The molecule has 2 aromatic rings. The fraction of sp³-hybridized carbons (Fsp3) is 0.176. The zero-order valence-electron chi connectivity index (χ0n) is 11.7. The number of hydrogen-bond donors (Lipinski definition) is 1. The largest absolute Gasteiger partial charge is 0.489 e. The standard InChI is InChI=1S/C17H16N2O2/c1-13(20)19-17(11-18)15-7-9-16(10-8-15)21-12-14-5-3-2-4-6-14/h2-10,17H,12H2,1H3,(H,19,20)/t17-/m0/s1.